The van der Waals surface area contributed by atoms with Crippen molar-refractivity contribution in [1.29, 1.82) is 0 Å². The maximum absolute atomic E-state index is 12.7. The van der Waals surface area contributed by atoms with Gasteiger partial charge in [0.05, 0.1) is 23.3 Å². The van der Waals surface area contributed by atoms with Crippen LogP contribution in [0, 0.1) is 5.92 Å². The third-order valence-corrected chi connectivity index (χ3v) is 4.41. The Balaban J connectivity index is 1.67. The van der Waals surface area contributed by atoms with Crippen LogP contribution in [-0.2, 0) is 4.79 Å². The van der Waals surface area contributed by atoms with Crippen LogP contribution in [0.25, 0.3) is 22.4 Å². The van der Waals surface area contributed by atoms with Crippen molar-refractivity contribution < 1.29 is 14.0 Å². The average molecular weight is 335 g/mol. The second-order valence-electron chi connectivity index (χ2n) is 6.04. The Morgan fingerprint density at radius 3 is 2.92 bits per heavy atom. The topological polar surface area (TPSA) is 84.2 Å². The van der Waals surface area contributed by atoms with Gasteiger partial charge in [0.2, 0.25) is 5.91 Å². The fraction of sp³-hybridized carbons (Fsp3) is 0.211. The number of rotatable bonds is 4. The molecular formula is C19H17N3O3. The van der Waals surface area contributed by atoms with E-state index in [1.165, 1.54) is 0 Å². The highest BCUT2D eigenvalue weighted by Gasteiger charge is 2.25. The Morgan fingerprint density at radius 1 is 1.28 bits per heavy atom. The number of para-hydroxylation sites is 1. The number of aromatic nitrogens is 1. The molecule has 6 nitrogen and oxygen atoms in total. The van der Waals surface area contributed by atoms with Crippen molar-refractivity contribution in [2.75, 3.05) is 13.1 Å². The van der Waals surface area contributed by atoms with Crippen LogP contribution in [0.5, 0.6) is 0 Å². The first-order chi connectivity index (χ1) is 12.2. The molecule has 1 atom stereocenters. The van der Waals surface area contributed by atoms with Crippen molar-refractivity contribution in [3.63, 3.8) is 0 Å². The van der Waals surface area contributed by atoms with Gasteiger partial charge in [-0.25, -0.2) is 4.98 Å². The van der Waals surface area contributed by atoms with Crippen LogP contribution in [-0.4, -0.2) is 29.9 Å². The van der Waals surface area contributed by atoms with E-state index in [-0.39, 0.29) is 17.7 Å². The number of hydrogen-bond acceptors (Lipinski definition) is 4. The second kappa shape index (κ2) is 6.39. The van der Waals surface area contributed by atoms with Crippen molar-refractivity contribution >= 4 is 22.7 Å². The molecule has 0 aliphatic carbocycles. The van der Waals surface area contributed by atoms with Crippen LogP contribution in [0.15, 0.2) is 53.1 Å². The van der Waals surface area contributed by atoms with Gasteiger partial charge in [0.15, 0.2) is 5.76 Å². The molecule has 126 valence electrons. The molecule has 2 aromatic heterocycles. The Labute approximate surface area is 144 Å². The summed E-state index contributed by atoms with van der Waals surface area (Å²) < 4.78 is 5.41. The first-order valence-electron chi connectivity index (χ1n) is 8.22. The van der Waals surface area contributed by atoms with Gasteiger partial charge in [0.1, 0.15) is 5.69 Å². The van der Waals surface area contributed by atoms with Crippen LogP contribution in [0.2, 0.25) is 0 Å². The summed E-state index contributed by atoms with van der Waals surface area (Å²) in [7, 11) is 0. The first-order valence-corrected chi connectivity index (χ1v) is 8.22. The number of amides is 2. The number of carbonyl (C=O) groups is 2. The van der Waals surface area contributed by atoms with E-state index in [0.717, 1.165) is 17.3 Å². The number of hydrogen-bond donors (Lipinski definition) is 2. The van der Waals surface area contributed by atoms with Crippen molar-refractivity contribution in [1.82, 2.24) is 15.6 Å². The lowest BCUT2D eigenvalue weighted by Crippen LogP contribution is -2.33. The Bertz CT molecular complexity index is 934. The second-order valence-corrected chi connectivity index (χ2v) is 6.04. The maximum Gasteiger partial charge on any atom is 0.252 e. The van der Waals surface area contributed by atoms with E-state index < -0.39 is 0 Å². The summed E-state index contributed by atoms with van der Waals surface area (Å²) in [5, 5.41) is 6.43. The summed E-state index contributed by atoms with van der Waals surface area (Å²) in [6.45, 7) is 0.998. The summed E-state index contributed by atoms with van der Waals surface area (Å²) >= 11 is 0. The van der Waals surface area contributed by atoms with Crippen LogP contribution >= 0.6 is 0 Å². The van der Waals surface area contributed by atoms with E-state index in [9.17, 15) is 9.59 Å². The predicted octanol–water partition coefficient (Wildman–Crippen LogP) is 2.36. The number of nitrogens with one attached hydrogen (secondary N) is 2. The van der Waals surface area contributed by atoms with E-state index in [0.29, 0.717) is 30.1 Å². The Hall–Kier alpha value is -3.15. The van der Waals surface area contributed by atoms with Gasteiger partial charge in [-0.05, 0) is 30.7 Å². The lowest BCUT2D eigenvalue weighted by atomic mass is 10.0. The molecule has 3 aromatic rings. The summed E-state index contributed by atoms with van der Waals surface area (Å²) in [4.78, 5) is 29.0. The van der Waals surface area contributed by atoms with Crippen molar-refractivity contribution in [2.45, 2.75) is 6.42 Å². The molecule has 0 saturated carbocycles. The molecule has 6 heteroatoms. The Morgan fingerprint density at radius 2 is 2.16 bits per heavy atom. The zero-order valence-electron chi connectivity index (χ0n) is 13.5. The molecule has 1 aliphatic rings. The van der Waals surface area contributed by atoms with Crippen LogP contribution in [0.4, 0.5) is 0 Å². The molecule has 1 fully saturated rings. The molecule has 3 heterocycles. The van der Waals surface area contributed by atoms with E-state index >= 15 is 0 Å². The molecule has 2 amide bonds. The number of nitrogens with zero attached hydrogens (tertiary/aromatic N) is 1. The highest BCUT2D eigenvalue weighted by atomic mass is 16.3. The van der Waals surface area contributed by atoms with Gasteiger partial charge in [-0.15, -0.1) is 0 Å². The SMILES string of the molecule is O=C(NCC1CCNC1=O)c1cc(-c2ccco2)nc2ccccc12. The lowest BCUT2D eigenvalue weighted by molar-refractivity contribution is -0.122. The molecule has 25 heavy (non-hydrogen) atoms. The smallest absolute Gasteiger partial charge is 0.252 e. The molecular weight excluding hydrogens is 318 g/mol. The number of furan rings is 1. The first kappa shape index (κ1) is 15.4. The van der Waals surface area contributed by atoms with Crippen LogP contribution in [0.3, 0.4) is 0 Å². The summed E-state index contributed by atoms with van der Waals surface area (Å²) in [6.07, 6.45) is 2.32. The minimum atomic E-state index is -0.217. The molecule has 1 aromatic carbocycles. The number of carbonyl (C=O) groups excluding carboxylic acids is 2. The number of fused-ring (bicyclic) bond motifs is 1. The van der Waals surface area contributed by atoms with E-state index in [1.807, 2.05) is 30.3 Å². The molecule has 0 spiro atoms. The van der Waals surface area contributed by atoms with Crippen molar-refractivity contribution in [2.24, 2.45) is 5.92 Å². The zero-order chi connectivity index (χ0) is 17.2. The van der Waals surface area contributed by atoms with Gasteiger partial charge in [-0.3, -0.25) is 9.59 Å². The van der Waals surface area contributed by atoms with Crippen molar-refractivity contribution in [3.05, 3.63) is 54.3 Å². The number of benzene rings is 1. The Kier molecular flexibility index (Phi) is 3.93. The van der Waals surface area contributed by atoms with Gasteiger partial charge in [-0.1, -0.05) is 18.2 Å². The van der Waals surface area contributed by atoms with Crippen LogP contribution in [0.1, 0.15) is 16.8 Å². The van der Waals surface area contributed by atoms with Gasteiger partial charge in [0.25, 0.3) is 5.91 Å². The fourth-order valence-corrected chi connectivity index (χ4v) is 3.06. The molecule has 1 saturated heterocycles. The average Bonchev–Trinajstić information content (AvgIpc) is 3.30. The normalized spacial score (nSPS) is 16.8. The summed E-state index contributed by atoms with van der Waals surface area (Å²) in [5.74, 6) is 0.221. The molecule has 0 bridgehead atoms. The standard InChI is InChI=1S/C19H17N3O3/c23-18-12(7-8-20-18)11-21-19(24)14-10-16(17-6-3-9-25-17)22-15-5-2-1-4-13(14)15/h1-6,9-10,12H,7-8,11H2,(H,20,23)(H,21,24). The maximum atomic E-state index is 12.7. The predicted molar refractivity (Wildman–Crippen MR) is 92.9 cm³/mol. The molecule has 2 N–H and O–H groups in total. The largest absolute Gasteiger partial charge is 0.463 e. The molecule has 0 radical (unpaired) electrons. The monoisotopic (exact) mass is 335 g/mol. The van der Waals surface area contributed by atoms with E-state index in [2.05, 4.69) is 15.6 Å². The quantitative estimate of drug-likeness (QED) is 0.766. The minimum absolute atomic E-state index is 0.00355. The zero-order valence-corrected chi connectivity index (χ0v) is 13.5. The van der Waals surface area contributed by atoms with Crippen LogP contribution < -0.4 is 10.6 Å². The minimum Gasteiger partial charge on any atom is -0.463 e. The molecule has 1 unspecified atom stereocenters. The molecule has 4 rings (SSSR count). The third kappa shape index (κ3) is 2.98. The van der Waals surface area contributed by atoms with Gasteiger partial charge in [-0.2, -0.15) is 0 Å². The summed E-state index contributed by atoms with van der Waals surface area (Å²) in [5.41, 5.74) is 1.85. The molecule has 1 aliphatic heterocycles. The van der Waals surface area contributed by atoms with E-state index in [1.54, 1.807) is 18.4 Å². The van der Waals surface area contributed by atoms with Crippen molar-refractivity contribution in [3.8, 4) is 11.5 Å². The fourth-order valence-electron chi connectivity index (χ4n) is 3.06. The van der Waals surface area contributed by atoms with E-state index in [4.69, 9.17) is 4.42 Å². The lowest BCUT2D eigenvalue weighted by Gasteiger charge is -2.11. The number of pyridine rings is 1. The van der Waals surface area contributed by atoms with Gasteiger partial charge >= 0.3 is 0 Å². The van der Waals surface area contributed by atoms with Gasteiger partial charge in [0, 0.05) is 18.5 Å². The van der Waals surface area contributed by atoms with Gasteiger partial charge < -0.3 is 15.1 Å². The third-order valence-electron chi connectivity index (χ3n) is 4.41. The highest BCUT2D eigenvalue weighted by Crippen LogP contribution is 2.25. The highest BCUT2D eigenvalue weighted by molar-refractivity contribution is 6.07. The summed E-state index contributed by atoms with van der Waals surface area (Å²) in [6, 6.07) is 12.8.